The molecule has 5 rings (SSSR count). The fourth-order valence-electron chi connectivity index (χ4n) is 7.19. The molecule has 8 N–H and O–H groups in total. The highest BCUT2D eigenvalue weighted by atomic mass is 16.5. The van der Waals surface area contributed by atoms with Crippen molar-refractivity contribution in [2.45, 2.75) is 82.3 Å². The van der Waals surface area contributed by atoms with Crippen LogP contribution in [0.3, 0.4) is 0 Å². The van der Waals surface area contributed by atoms with Crippen LogP contribution in [0.15, 0.2) is 16.8 Å². The predicted molar refractivity (Wildman–Crippen MR) is 126 cm³/mol. The number of carbonyl (C=O) groups is 3. The van der Waals surface area contributed by atoms with Gasteiger partial charge in [-0.1, -0.05) is 0 Å². The second kappa shape index (κ2) is 10.3. The van der Waals surface area contributed by atoms with Crippen molar-refractivity contribution in [3.63, 3.8) is 0 Å². The number of carbonyl (C=O) groups excluding carboxylic acids is 2. The number of amides is 2. The zero-order chi connectivity index (χ0) is 26.2. The van der Waals surface area contributed by atoms with Gasteiger partial charge in [0, 0.05) is 13.3 Å². The third-order valence-electron chi connectivity index (χ3n) is 8.06. The molecule has 5 atom stereocenters. The zero-order valence-corrected chi connectivity index (χ0v) is 20.3. The van der Waals surface area contributed by atoms with Crippen LogP contribution in [0.5, 0.6) is 0 Å². The topological polar surface area (TPSA) is 204 Å². The van der Waals surface area contributed by atoms with E-state index in [1.54, 1.807) is 0 Å². The van der Waals surface area contributed by atoms with Gasteiger partial charge in [0.15, 0.2) is 5.96 Å². The van der Waals surface area contributed by atoms with E-state index < -0.39 is 54.6 Å². The van der Waals surface area contributed by atoms with Gasteiger partial charge < -0.3 is 36.2 Å². The van der Waals surface area contributed by atoms with Crippen LogP contribution in [-0.4, -0.2) is 81.2 Å². The van der Waals surface area contributed by atoms with E-state index in [9.17, 15) is 34.8 Å². The fourth-order valence-corrected chi connectivity index (χ4v) is 7.19. The number of aliphatic carboxylic acids is 1. The normalized spacial score (nSPS) is 36.9. The zero-order valence-electron chi connectivity index (χ0n) is 20.3. The van der Waals surface area contributed by atoms with Gasteiger partial charge in [0.05, 0.1) is 18.7 Å². The molecule has 5 aliphatic rings. The summed E-state index contributed by atoms with van der Waals surface area (Å²) >= 11 is 0. The molecule has 0 spiro atoms. The summed E-state index contributed by atoms with van der Waals surface area (Å²) < 4.78 is 5.33. The molecule has 0 aromatic carbocycles. The highest BCUT2D eigenvalue weighted by Crippen LogP contribution is 2.61. The maximum Gasteiger partial charge on any atom is 0.370 e. The Bertz CT molecular complexity index is 915. The summed E-state index contributed by atoms with van der Waals surface area (Å²) in [5.41, 5.74) is 6.02. The average molecular weight is 509 g/mol. The number of carboxylic acid groups (broad SMARTS) is 1. The molecule has 4 bridgehead atoms. The smallest absolute Gasteiger partial charge is 0.370 e. The molecule has 0 radical (unpaired) electrons. The number of rotatable bonds is 8. The van der Waals surface area contributed by atoms with E-state index in [-0.39, 0.29) is 17.3 Å². The minimum absolute atomic E-state index is 0.0114. The van der Waals surface area contributed by atoms with Crippen molar-refractivity contribution in [2.75, 3.05) is 6.61 Å². The molecular formula is C24H36N4O8. The van der Waals surface area contributed by atoms with Gasteiger partial charge in [-0.2, -0.15) is 0 Å². The monoisotopic (exact) mass is 508 g/mol. The predicted octanol–water partition coefficient (Wildman–Crippen LogP) is -1.02. The molecule has 0 saturated heterocycles. The Labute approximate surface area is 209 Å². The lowest BCUT2D eigenvalue weighted by Crippen LogP contribution is -2.60. The summed E-state index contributed by atoms with van der Waals surface area (Å²) in [7, 11) is 0. The van der Waals surface area contributed by atoms with Gasteiger partial charge in [-0.3, -0.25) is 14.9 Å². The summed E-state index contributed by atoms with van der Waals surface area (Å²) in [5, 5.41) is 44.2. The maximum atomic E-state index is 12.9. The summed E-state index contributed by atoms with van der Waals surface area (Å²) in [6.07, 6.45) is 3.49. The lowest BCUT2D eigenvalue weighted by Gasteiger charge is -2.56. The molecule has 4 fully saturated rings. The Morgan fingerprint density at radius 2 is 1.75 bits per heavy atom. The number of guanidine groups is 1. The maximum absolute atomic E-state index is 12.9. The summed E-state index contributed by atoms with van der Waals surface area (Å²) in [5.74, 6) is -1.03. The van der Waals surface area contributed by atoms with Crippen LogP contribution in [0.1, 0.15) is 51.9 Å². The number of aliphatic hydroxyl groups excluding tert-OH is 3. The standard InChI is InChI=1S/C24H36N4O8/c1-11(30)26-19-15(5-17(22(34)35)36-21(19)20(33)16(31)10-29)27-23(25)28-18(32)9-24-6-12-2-13(7-24)4-14(3-12)8-24/h5,12-16,19-21,29,31,33H,2-4,6-10H2,1H3,(H,26,30)(H,34,35)(H3,25,27,28,32)/t12?,13?,14?,15-,16+,19+,20+,21+,24?/m0/s1. The SMILES string of the molecule is CC(=O)N[C@H]1[C@H]([C@H](O)[C@H](O)CO)OC(C(=O)O)=C[C@@H]1N=C(N)NC(=O)CC12CC3CC(CC(C3)C1)C2. The van der Waals surface area contributed by atoms with Crippen LogP contribution in [0.25, 0.3) is 0 Å². The van der Waals surface area contributed by atoms with Gasteiger partial charge >= 0.3 is 5.97 Å². The number of nitrogens with two attached hydrogens (primary N) is 1. The number of nitrogens with zero attached hydrogens (tertiary/aromatic N) is 1. The summed E-state index contributed by atoms with van der Waals surface area (Å²) in [6, 6.07) is -2.28. The Hall–Kier alpha value is -2.70. The lowest BCUT2D eigenvalue weighted by molar-refractivity contribution is -0.146. The first kappa shape index (κ1) is 26.4. The van der Waals surface area contributed by atoms with Crippen LogP contribution in [-0.2, 0) is 19.1 Å². The molecule has 0 aromatic rings. The van der Waals surface area contributed by atoms with Crippen molar-refractivity contribution in [1.82, 2.24) is 10.6 Å². The largest absolute Gasteiger partial charge is 0.478 e. The van der Waals surface area contributed by atoms with Crippen molar-refractivity contribution in [3.8, 4) is 0 Å². The first-order valence-electron chi connectivity index (χ1n) is 12.5. The van der Waals surface area contributed by atoms with Crippen LogP contribution >= 0.6 is 0 Å². The Balaban J connectivity index is 1.51. The Morgan fingerprint density at radius 3 is 2.25 bits per heavy atom. The molecule has 1 heterocycles. The molecule has 0 aromatic heterocycles. The molecule has 36 heavy (non-hydrogen) atoms. The van der Waals surface area contributed by atoms with E-state index in [0.717, 1.165) is 25.3 Å². The van der Waals surface area contributed by atoms with Crippen LogP contribution < -0.4 is 16.4 Å². The number of aliphatic imine (C=N–C) groups is 1. The first-order valence-corrected chi connectivity index (χ1v) is 12.5. The third kappa shape index (κ3) is 5.65. The molecular weight excluding hydrogens is 472 g/mol. The summed E-state index contributed by atoms with van der Waals surface area (Å²) in [6.45, 7) is 0.385. The van der Waals surface area contributed by atoms with Gasteiger partial charge in [0.25, 0.3) is 0 Å². The van der Waals surface area contributed by atoms with Crippen LogP contribution in [0.2, 0.25) is 0 Å². The lowest BCUT2D eigenvalue weighted by atomic mass is 9.49. The van der Waals surface area contributed by atoms with Crippen molar-refractivity contribution in [2.24, 2.45) is 33.9 Å². The van der Waals surface area contributed by atoms with Gasteiger partial charge in [-0.25, -0.2) is 9.79 Å². The van der Waals surface area contributed by atoms with E-state index in [1.807, 2.05) is 0 Å². The van der Waals surface area contributed by atoms with Gasteiger partial charge in [0.2, 0.25) is 17.6 Å². The molecule has 12 nitrogen and oxygen atoms in total. The molecule has 12 heteroatoms. The van der Waals surface area contributed by atoms with Crippen molar-refractivity contribution in [3.05, 3.63) is 11.8 Å². The van der Waals surface area contributed by atoms with Gasteiger partial charge in [0.1, 0.15) is 18.3 Å². The van der Waals surface area contributed by atoms with Crippen LogP contribution in [0.4, 0.5) is 0 Å². The van der Waals surface area contributed by atoms with E-state index in [2.05, 4.69) is 15.6 Å². The minimum atomic E-state index is -1.75. The molecule has 0 unspecified atom stereocenters. The van der Waals surface area contributed by atoms with Crippen molar-refractivity contribution >= 4 is 23.7 Å². The third-order valence-corrected chi connectivity index (χ3v) is 8.06. The van der Waals surface area contributed by atoms with Crippen molar-refractivity contribution in [1.29, 1.82) is 0 Å². The first-order chi connectivity index (χ1) is 17.0. The number of hydrogen-bond donors (Lipinski definition) is 7. The van der Waals surface area contributed by atoms with E-state index in [0.29, 0.717) is 24.2 Å². The average Bonchev–Trinajstić information content (AvgIpc) is 2.77. The highest BCUT2D eigenvalue weighted by Gasteiger charge is 2.51. The van der Waals surface area contributed by atoms with Crippen molar-refractivity contribution < 1.29 is 39.5 Å². The number of aliphatic hydroxyl groups is 3. The van der Waals surface area contributed by atoms with Gasteiger partial charge in [-0.05, 0) is 67.8 Å². The molecule has 4 saturated carbocycles. The minimum Gasteiger partial charge on any atom is -0.478 e. The number of nitrogens with one attached hydrogen (secondary N) is 2. The second-order valence-corrected chi connectivity index (χ2v) is 11.0. The second-order valence-electron chi connectivity index (χ2n) is 11.0. The van der Waals surface area contributed by atoms with Gasteiger partial charge in [-0.15, -0.1) is 0 Å². The summed E-state index contributed by atoms with van der Waals surface area (Å²) in [4.78, 5) is 40.6. The molecule has 1 aliphatic heterocycles. The Kier molecular flexibility index (Phi) is 7.58. The number of hydrogen-bond acceptors (Lipinski definition) is 8. The fraction of sp³-hybridized carbons (Fsp3) is 0.750. The number of ether oxygens (including phenoxy) is 1. The van der Waals surface area contributed by atoms with E-state index in [1.165, 1.54) is 26.2 Å². The molecule has 2 amide bonds. The van der Waals surface area contributed by atoms with E-state index >= 15 is 0 Å². The number of carboxylic acids is 1. The molecule has 4 aliphatic carbocycles. The molecule has 200 valence electrons. The highest BCUT2D eigenvalue weighted by molar-refractivity contribution is 5.96. The van der Waals surface area contributed by atoms with E-state index in [4.69, 9.17) is 10.5 Å². The van der Waals surface area contributed by atoms with Crippen LogP contribution in [0, 0.1) is 23.2 Å². The quantitative estimate of drug-likeness (QED) is 0.158. The Morgan fingerprint density at radius 1 is 1.17 bits per heavy atom.